The van der Waals surface area contributed by atoms with Crippen LogP contribution in [0.4, 0.5) is 0 Å². The number of carbonyl (C=O) groups excluding carboxylic acids is 3. The lowest BCUT2D eigenvalue weighted by atomic mass is 9.77. The maximum atomic E-state index is 13.0. The molecule has 0 unspecified atom stereocenters. The Morgan fingerprint density at radius 3 is 2.67 bits per heavy atom. The molecule has 2 heterocycles. The van der Waals surface area contributed by atoms with E-state index in [1.54, 1.807) is 25.1 Å². The summed E-state index contributed by atoms with van der Waals surface area (Å²) in [6.07, 6.45) is 2.42. The molecule has 0 saturated carbocycles. The predicted octanol–water partition coefficient (Wildman–Crippen LogP) is 0.910. The number of para-hydroxylation sites is 1. The highest BCUT2D eigenvalue weighted by molar-refractivity contribution is 6.36. The van der Waals surface area contributed by atoms with Crippen molar-refractivity contribution in [1.29, 1.82) is 0 Å². The summed E-state index contributed by atoms with van der Waals surface area (Å²) in [5.74, 6) is -1.82. The molecule has 1 aliphatic carbocycles. The molecule has 1 aromatic heterocycles. The number of fused-ring (bicyclic) bond motifs is 3. The summed E-state index contributed by atoms with van der Waals surface area (Å²) in [5.41, 5.74) is 1.70. The monoisotopic (exact) mass is 454 g/mol. The third-order valence-electron chi connectivity index (χ3n) is 5.99. The molecule has 2 amide bonds. The maximum absolute atomic E-state index is 13.0. The Morgan fingerprint density at radius 1 is 1.18 bits per heavy atom. The van der Waals surface area contributed by atoms with Gasteiger partial charge in [-0.05, 0) is 18.2 Å². The minimum atomic E-state index is -1.20. The van der Waals surface area contributed by atoms with Gasteiger partial charge in [0.05, 0.1) is 31.1 Å². The zero-order valence-corrected chi connectivity index (χ0v) is 18.1. The van der Waals surface area contributed by atoms with Crippen LogP contribution < -0.4 is 10.1 Å². The number of rotatable bonds is 8. The number of benzene rings is 1. The predicted molar refractivity (Wildman–Crippen MR) is 116 cm³/mol. The number of nitrogens with zero attached hydrogens (tertiary/aromatic N) is 1. The highest BCUT2D eigenvalue weighted by Gasteiger charge is 2.50. The molecule has 3 N–H and O–H groups in total. The van der Waals surface area contributed by atoms with Crippen LogP contribution in [0.3, 0.4) is 0 Å². The molecule has 0 radical (unpaired) electrons. The van der Waals surface area contributed by atoms with Gasteiger partial charge in [0.2, 0.25) is 11.7 Å². The van der Waals surface area contributed by atoms with E-state index in [1.807, 2.05) is 12.1 Å². The van der Waals surface area contributed by atoms with Crippen LogP contribution in [0.25, 0.3) is 0 Å². The SMILES string of the molecule is CCC(=O)C(=O)N(Cc1ccoc1)[C@@H]1C=C(C(=O)NCCO)[C@@H]2c3ccccc3O[C@@H]2[C@H]1O. The number of aliphatic hydroxyl groups excluding tert-OH is 2. The van der Waals surface area contributed by atoms with Gasteiger partial charge in [-0.25, -0.2) is 0 Å². The quantitative estimate of drug-likeness (QED) is 0.506. The Kier molecular flexibility index (Phi) is 6.62. The van der Waals surface area contributed by atoms with Crippen LogP contribution in [-0.2, 0) is 20.9 Å². The third-order valence-corrected chi connectivity index (χ3v) is 5.99. The van der Waals surface area contributed by atoms with Crippen LogP contribution in [0, 0.1) is 0 Å². The number of amides is 2. The van der Waals surface area contributed by atoms with Gasteiger partial charge in [-0.3, -0.25) is 14.4 Å². The summed E-state index contributed by atoms with van der Waals surface area (Å²) in [6, 6.07) is 7.87. The van der Waals surface area contributed by atoms with Crippen molar-refractivity contribution in [3.63, 3.8) is 0 Å². The van der Waals surface area contributed by atoms with Crippen LogP contribution >= 0.6 is 0 Å². The zero-order chi connectivity index (χ0) is 23.5. The molecule has 4 atom stereocenters. The van der Waals surface area contributed by atoms with Crippen molar-refractivity contribution in [2.75, 3.05) is 13.2 Å². The van der Waals surface area contributed by atoms with Gasteiger partial charge in [0.25, 0.3) is 5.91 Å². The second-order valence-corrected chi connectivity index (χ2v) is 8.02. The molecule has 9 nitrogen and oxygen atoms in total. The van der Waals surface area contributed by atoms with E-state index in [0.717, 1.165) is 5.56 Å². The van der Waals surface area contributed by atoms with Crippen molar-refractivity contribution in [2.45, 2.75) is 44.1 Å². The van der Waals surface area contributed by atoms with E-state index in [2.05, 4.69) is 5.32 Å². The molecule has 2 aromatic rings. The lowest BCUT2D eigenvalue weighted by Gasteiger charge is -2.40. The Morgan fingerprint density at radius 2 is 1.97 bits per heavy atom. The number of hydrogen-bond acceptors (Lipinski definition) is 7. The average Bonchev–Trinajstić information content (AvgIpc) is 3.49. The molecule has 1 aliphatic heterocycles. The summed E-state index contributed by atoms with van der Waals surface area (Å²) >= 11 is 0. The maximum Gasteiger partial charge on any atom is 0.290 e. The number of Topliss-reactive ketones (excluding diaryl/α,β-unsaturated/α-hetero) is 1. The highest BCUT2D eigenvalue weighted by Crippen LogP contribution is 2.47. The molecule has 0 saturated heterocycles. The van der Waals surface area contributed by atoms with Gasteiger partial charge in [-0.15, -0.1) is 0 Å². The molecular weight excluding hydrogens is 428 g/mol. The fraction of sp³-hybridized carbons (Fsp3) is 0.375. The van der Waals surface area contributed by atoms with Gasteiger partial charge in [0, 0.05) is 36.2 Å². The Balaban J connectivity index is 1.77. The highest BCUT2D eigenvalue weighted by atomic mass is 16.5. The Bertz CT molecular complexity index is 1060. The number of furan rings is 1. The van der Waals surface area contributed by atoms with E-state index in [1.165, 1.54) is 23.5 Å². The molecule has 0 spiro atoms. The summed E-state index contributed by atoms with van der Waals surface area (Å²) in [4.78, 5) is 39.7. The van der Waals surface area contributed by atoms with Gasteiger partial charge in [0.15, 0.2) is 0 Å². The van der Waals surface area contributed by atoms with E-state index in [9.17, 15) is 19.5 Å². The van der Waals surface area contributed by atoms with E-state index < -0.39 is 41.8 Å². The molecule has 174 valence electrons. The second-order valence-electron chi connectivity index (χ2n) is 8.02. The van der Waals surface area contributed by atoms with Crippen molar-refractivity contribution in [2.24, 2.45) is 0 Å². The average molecular weight is 454 g/mol. The van der Waals surface area contributed by atoms with Crippen molar-refractivity contribution >= 4 is 17.6 Å². The summed E-state index contributed by atoms with van der Waals surface area (Å²) < 4.78 is 11.1. The fourth-order valence-electron chi connectivity index (χ4n) is 4.39. The van der Waals surface area contributed by atoms with E-state index in [0.29, 0.717) is 16.9 Å². The van der Waals surface area contributed by atoms with Gasteiger partial charge < -0.3 is 29.6 Å². The van der Waals surface area contributed by atoms with Gasteiger partial charge in [0.1, 0.15) is 18.0 Å². The smallest absolute Gasteiger partial charge is 0.290 e. The van der Waals surface area contributed by atoms with Gasteiger partial charge in [-0.2, -0.15) is 0 Å². The van der Waals surface area contributed by atoms with Crippen molar-refractivity contribution < 1.29 is 33.8 Å². The van der Waals surface area contributed by atoms with E-state index in [-0.39, 0.29) is 26.1 Å². The molecule has 0 bridgehead atoms. The largest absolute Gasteiger partial charge is 0.486 e. The van der Waals surface area contributed by atoms with Gasteiger partial charge >= 0.3 is 0 Å². The number of carbonyl (C=O) groups is 3. The van der Waals surface area contributed by atoms with Crippen molar-refractivity contribution in [3.8, 4) is 5.75 Å². The molecular formula is C24H26N2O7. The normalized spacial score (nSPS) is 23.1. The van der Waals surface area contributed by atoms with Crippen molar-refractivity contribution in [1.82, 2.24) is 10.2 Å². The Hall–Kier alpha value is -3.43. The van der Waals surface area contributed by atoms with Gasteiger partial charge in [-0.1, -0.05) is 25.1 Å². The second kappa shape index (κ2) is 9.60. The van der Waals surface area contributed by atoms with Crippen LogP contribution in [0.2, 0.25) is 0 Å². The summed E-state index contributed by atoms with van der Waals surface area (Å²) in [6.45, 7) is 1.41. The first-order valence-corrected chi connectivity index (χ1v) is 10.9. The van der Waals surface area contributed by atoms with Crippen LogP contribution in [0.5, 0.6) is 5.75 Å². The first kappa shape index (κ1) is 22.8. The van der Waals surface area contributed by atoms with E-state index >= 15 is 0 Å². The molecule has 9 heteroatoms. The first-order valence-electron chi connectivity index (χ1n) is 10.9. The number of aliphatic hydroxyl groups is 2. The summed E-state index contributed by atoms with van der Waals surface area (Å²) in [5, 5.41) is 23.1. The Labute approximate surface area is 190 Å². The summed E-state index contributed by atoms with van der Waals surface area (Å²) in [7, 11) is 0. The lowest BCUT2D eigenvalue weighted by Crippen LogP contribution is -2.56. The zero-order valence-electron chi connectivity index (χ0n) is 18.1. The number of ketones is 1. The topological polar surface area (TPSA) is 129 Å². The minimum Gasteiger partial charge on any atom is -0.486 e. The van der Waals surface area contributed by atoms with Crippen LogP contribution in [0.15, 0.2) is 58.9 Å². The fourth-order valence-corrected chi connectivity index (χ4v) is 4.39. The van der Waals surface area contributed by atoms with Crippen molar-refractivity contribution in [3.05, 3.63) is 65.6 Å². The molecule has 4 rings (SSSR count). The first-order chi connectivity index (χ1) is 16.0. The molecule has 33 heavy (non-hydrogen) atoms. The number of ether oxygens (including phenoxy) is 1. The molecule has 0 fully saturated rings. The number of hydrogen-bond donors (Lipinski definition) is 3. The standard InChI is InChI=1S/C24H26N2O7/c1-2-18(28)24(31)26(12-14-7-10-32-13-14)17-11-16(23(30)25-8-9-27)20-15-5-3-4-6-19(15)33-22(20)21(17)29/h3-7,10-11,13,17,20-22,27,29H,2,8-9,12H2,1H3,(H,25,30)/t17-,20+,21+,22+/m1/s1. The molecule has 2 aliphatic rings. The number of nitrogens with one attached hydrogen (secondary N) is 1. The van der Waals surface area contributed by atoms with Crippen LogP contribution in [0.1, 0.15) is 30.4 Å². The van der Waals surface area contributed by atoms with E-state index in [4.69, 9.17) is 14.3 Å². The van der Waals surface area contributed by atoms with Crippen LogP contribution in [-0.4, -0.2) is 64.1 Å². The molecule has 1 aromatic carbocycles. The minimum absolute atomic E-state index is 0.00505. The lowest BCUT2D eigenvalue weighted by molar-refractivity contribution is -0.148. The third kappa shape index (κ3) is 4.29.